The first-order chi connectivity index (χ1) is 18.5. The number of ether oxygens (including phenoxy) is 4. The number of hydrogen-bond acceptors (Lipinski definition) is 9. The van der Waals surface area contributed by atoms with Crippen LogP contribution in [0.4, 0.5) is 4.79 Å². The summed E-state index contributed by atoms with van der Waals surface area (Å²) >= 11 is 0. The fraction of sp³-hybridized carbons (Fsp3) is 0.667. The summed E-state index contributed by atoms with van der Waals surface area (Å²) in [5.41, 5.74) is -2.74. The van der Waals surface area contributed by atoms with Gasteiger partial charge in [0.2, 0.25) is 0 Å². The number of carboxylic acid groups (broad SMARTS) is 1. The van der Waals surface area contributed by atoms with Crippen molar-refractivity contribution in [3.63, 3.8) is 0 Å². The van der Waals surface area contributed by atoms with Crippen LogP contribution in [0, 0.1) is 11.8 Å². The van der Waals surface area contributed by atoms with Gasteiger partial charge in [-0.15, -0.1) is 0 Å². The van der Waals surface area contributed by atoms with Gasteiger partial charge in [0, 0.05) is 25.3 Å². The van der Waals surface area contributed by atoms with E-state index in [-0.39, 0.29) is 42.7 Å². The van der Waals surface area contributed by atoms with Crippen LogP contribution in [0.1, 0.15) is 100.0 Å². The lowest BCUT2D eigenvalue weighted by Crippen LogP contribution is -2.60. The quantitative estimate of drug-likeness (QED) is 0.147. The van der Waals surface area contributed by atoms with Crippen molar-refractivity contribution in [3.05, 3.63) is 23.8 Å². The highest BCUT2D eigenvalue weighted by molar-refractivity contribution is 5.81. The van der Waals surface area contributed by atoms with Crippen LogP contribution in [0.3, 0.4) is 0 Å². The maximum atomic E-state index is 12.6. The van der Waals surface area contributed by atoms with Crippen LogP contribution < -0.4 is 14.8 Å². The van der Waals surface area contributed by atoms with Crippen molar-refractivity contribution in [2.75, 3.05) is 0 Å². The molecule has 1 rings (SSSR count). The van der Waals surface area contributed by atoms with Gasteiger partial charge < -0.3 is 24.1 Å². The van der Waals surface area contributed by atoms with E-state index in [0.29, 0.717) is 30.7 Å². The van der Waals surface area contributed by atoms with Gasteiger partial charge in [-0.1, -0.05) is 40.7 Å². The fourth-order valence-corrected chi connectivity index (χ4v) is 3.49. The first-order valence-corrected chi connectivity index (χ1v) is 13.9. The third-order valence-electron chi connectivity index (χ3n) is 5.84. The van der Waals surface area contributed by atoms with Gasteiger partial charge in [-0.3, -0.25) is 14.9 Å². The molecule has 0 aliphatic rings. The molecule has 0 aliphatic heterocycles. The third kappa shape index (κ3) is 12.8. The summed E-state index contributed by atoms with van der Waals surface area (Å²) in [6, 6.07) is 4.06. The summed E-state index contributed by atoms with van der Waals surface area (Å²) in [4.78, 5) is 50.2. The number of esters is 2. The molecule has 2 atom stereocenters. The van der Waals surface area contributed by atoms with Gasteiger partial charge in [-0.2, -0.15) is 0 Å². The smallest absolute Gasteiger partial charge is 0.477 e. The highest BCUT2D eigenvalue weighted by Crippen LogP contribution is 2.32. The average molecular weight is 566 g/mol. The van der Waals surface area contributed by atoms with Gasteiger partial charge in [-0.25, -0.2) is 9.59 Å². The highest BCUT2D eigenvalue weighted by atomic mass is 16.8. The van der Waals surface area contributed by atoms with E-state index in [4.69, 9.17) is 18.9 Å². The van der Waals surface area contributed by atoms with E-state index in [1.54, 1.807) is 27.7 Å². The Morgan fingerprint density at radius 3 is 1.82 bits per heavy atom. The van der Waals surface area contributed by atoms with E-state index in [2.05, 4.69) is 5.32 Å². The number of carboxylic acids is 1. The lowest BCUT2D eigenvalue weighted by atomic mass is 10.00. The molecular weight excluding hydrogens is 518 g/mol. The molecule has 1 aromatic carbocycles. The number of rotatable bonds is 15. The van der Waals surface area contributed by atoms with E-state index in [0.717, 1.165) is 0 Å². The van der Waals surface area contributed by atoms with Crippen molar-refractivity contribution in [2.45, 2.75) is 118 Å². The van der Waals surface area contributed by atoms with Gasteiger partial charge in [0.1, 0.15) is 5.60 Å². The molecule has 0 heterocycles. The Labute approximate surface area is 238 Å². The number of carbonyl (C=O) groups excluding carboxylic acids is 3. The zero-order chi connectivity index (χ0) is 30.7. The second-order valence-electron chi connectivity index (χ2n) is 11.9. The number of aliphatic carboxylic acids is 1. The molecule has 40 heavy (non-hydrogen) atoms. The first-order valence-electron chi connectivity index (χ1n) is 13.9. The van der Waals surface area contributed by atoms with Crippen LogP contribution in [-0.4, -0.2) is 46.5 Å². The summed E-state index contributed by atoms with van der Waals surface area (Å²) in [7, 11) is 0. The number of benzene rings is 1. The molecule has 226 valence electrons. The predicted octanol–water partition coefficient (Wildman–Crippen LogP) is 6.03. The average Bonchev–Trinajstić information content (AvgIpc) is 2.81. The van der Waals surface area contributed by atoms with Crippen molar-refractivity contribution in [3.8, 4) is 11.5 Å². The Balaban J connectivity index is 3.44. The molecule has 0 aliphatic carbocycles. The molecule has 1 unspecified atom stereocenters. The van der Waals surface area contributed by atoms with Crippen molar-refractivity contribution >= 4 is 24.1 Å². The summed E-state index contributed by atoms with van der Waals surface area (Å²) < 4.78 is 21.7. The number of nitrogens with one attached hydrogen (secondary N) is 1. The van der Waals surface area contributed by atoms with Gasteiger partial charge in [-0.05, 0) is 76.5 Å². The Morgan fingerprint density at radius 1 is 0.850 bits per heavy atom. The lowest BCUT2D eigenvalue weighted by Gasteiger charge is -2.33. The van der Waals surface area contributed by atoms with Crippen LogP contribution in [0.2, 0.25) is 0 Å². The summed E-state index contributed by atoms with van der Waals surface area (Å²) in [6.07, 6.45) is 0.643. The van der Waals surface area contributed by atoms with Crippen LogP contribution >= 0.6 is 0 Å². The highest BCUT2D eigenvalue weighted by Gasteiger charge is 2.45. The third-order valence-corrected chi connectivity index (χ3v) is 5.84. The van der Waals surface area contributed by atoms with Gasteiger partial charge >= 0.3 is 24.1 Å². The minimum Gasteiger partial charge on any atom is -0.477 e. The van der Waals surface area contributed by atoms with Crippen molar-refractivity contribution in [1.82, 2.24) is 5.32 Å². The Kier molecular flexibility index (Phi) is 13.6. The zero-order valence-corrected chi connectivity index (χ0v) is 25.4. The van der Waals surface area contributed by atoms with Gasteiger partial charge in [0.15, 0.2) is 11.5 Å². The van der Waals surface area contributed by atoms with E-state index in [9.17, 15) is 24.3 Å². The summed E-state index contributed by atoms with van der Waals surface area (Å²) in [5, 5.41) is 13.1. The second-order valence-corrected chi connectivity index (χ2v) is 11.9. The molecule has 2 N–H and O–H groups in total. The molecule has 10 heteroatoms. The van der Waals surface area contributed by atoms with Crippen molar-refractivity contribution in [2.24, 2.45) is 11.8 Å². The zero-order valence-electron chi connectivity index (χ0n) is 25.4. The summed E-state index contributed by atoms with van der Waals surface area (Å²) in [5.74, 6) is -1.83. The molecule has 0 saturated carbocycles. The molecule has 0 spiro atoms. The number of hydrogen-bond donors (Lipinski definition) is 2. The molecule has 0 saturated heterocycles. The minimum absolute atomic E-state index is 0.0238. The van der Waals surface area contributed by atoms with Crippen LogP contribution in [0.15, 0.2) is 18.2 Å². The van der Waals surface area contributed by atoms with Crippen LogP contribution in [-0.2, 0) is 30.3 Å². The molecular formula is C30H47NO9. The predicted molar refractivity (Wildman–Crippen MR) is 150 cm³/mol. The molecule has 0 amide bonds. The van der Waals surface area contributed by atoms with Crippen LogP contribution in [0.25, 0.3) is 0 Å². The largest absolute Gasteiger partial charge is 0.511 e. The molecule has 0 bridgehead atoms. The van der Waals surface area contributed by atoms with Crippen LogP contribution in [0.5, 0.6) is 11.5 Å². The minimum atomic E-state index is -2.19. The molecule has 1 aromatic rings. The Morgan fingerprint density at radius 2 is 1.38 bits per heavy atom. The molecule has 10 nitrogen and oxygen atoms in total. The fourth-order valence-electron chi connectivity index (χ4n) is 3.49. The monoisotopic (exact) mass is 565 g/mol. The van der Waals surface area contributed by atoms with E-state index in [1.807, 2.05) is 34.6 Å². The van der Waals surface area contributed by atoms with E-state index < -0.39 is 35.4 Å². The van der Waals surface area contributed by atoms with E-state index in [1.165, 1.54) is 18.2 Å². The SMILES string of the molecule is CCC(C)N[C@@](Cc1ccc(OC(=O)CCC(C)C)c(OC(=O)CCC(C)C)c1)(OC(=O)OC(C)(C)C)C(=O)O. The second kappa shape index (κ2) is 15.6. The Hall–Kier alpha value is -3.14. The van der Waals surface area contributed by atoms with Gasteiger partial charge in [0.05, 0.1) is 0 Å². The van der Waals surface area contributed by atoms with Crippen molar-refractivity contribution in [1.29, 1.82) is 0 Å². The maximum absolute atomic E-state index is 12.6. The Bertz CT molecular complexity index is 1010. The molecule has 0 aromatic heterocycles. The molecule has 0 fully saturated rings. The maximum Gasteiger partial charge on any atom is 0.511 e. The standard InChI is InChI=1S/C30H47NO9/c1-10-21(6)31-30(27(34)35,40-28(36)39-29(7,8)9)18-22-13-14-23(37-25(32)15-11-19(2)3)24(17-22)38-26(33)16-12-20(4)5/h13-14,17,19-21,31H,10-12,15-16,18H2,1-9H3,(H,34,35)/t21?,30-/m0/s1. The number of carbonyl (C=O) groups is 4. The van der Waals surface area contributed by atoms with Crippen molar-refractivity contribution < 1.29 is 43.2 Å². The summed E-state index contributed by atoms with van der Waals surface area (Å²) in [6.45, 7) is 16.5. The normalized spacial score (nSPS) is 13.9. The van der Waals surface area contributed by atoms with Gasteiger partial charge in [0.25, 0.3) is 5.72 Å². The first kappa shape index (κ1) is 34.9. The topological polar surface area (TPSA) is 137 Å². The molecule has 0 radical (unpaired) electrons. The van der Waals surface area contributed by atoms with E-state index >= 15 is 0 Å². The lowest BCUT2D eigenvalue weighted by molar-refractivity contribution is -0.169.